The zero-order chi connectivity index (χ0) is 14.3. The Balaban J connectivity index is 1.87. The average molecular weight is 278 g/mol. The lowest BCUT2D eigenvalue weighted by Crippen LogP contribution is -2.40. The highest BCUT2D eigenvalue weighted by atomic mass is 16.5. The molecular weight excluding hydrogens is 260 g/mol. The van der Waals surface area contributed by atoms with E-state index in [9.17, 15) is 0 Å². The molecule has 7 heteroatoms. The Morgan fingerprint density at radius 2 is 1.95 bits per heavy atom. The maximum atomic E-state index is 5.86. The maximum Gasteiger partial charge on any atom is 0.257 e. The molecule has 2 aromatic rings. The molecule has 0 N–H and O–H groups in total. The average Bonchev–Trinajstić information content (AvgIpc) is 2.95. The number of ether oxygens (including phenoxy) is 1. The minimum Gasteiger partial charge on any atom is -0.363 e. The van der Waals surface area contributed by atoms with E-state index in [1.54, 1.807) is 0 Å². The predicted octanol–water partition coefficient (Wildman–Crippen LogP) is 1.73. The molecule has 20 heavy (non-hydrogen) atoms. The maximum absolute atomic E-state index is 5.86. The molecule has 1 aliphatic heterocycles. The zero-order valence-electron chi connectivity index (χ0n) is 12.1. The van der Waals surface area contributed by atoms with Crippen LogP contribution in [-0.2, 0) is 4.74 Å². The van der Waals surface area contributed by atoms with Crippen molar-refractivity contribution >= 4 is 0 Å². The number of aryl methyl sites for hydroxylation is 2. The van der Waals surface area contributed by atoms with Gasteiger partial charge in [-0.2, -0.15) is 4.98 Å². The second-order valence-electron chi connectivity index (χ2n) is 5.31. The topological polar surface area (TPSA) is 77.4 Å². The molecule has 2 atom stereocenters. The van der Waals surface area contributed by atoms with Crippen LogP contribution in [0, 0.1) is 13.8 Å². The van der Waals surface area contributed by atoms with E-state index in [1.165, 1.54) is 0 Å². The summed E-state index contributed by atoms with van der Waals surface area (Å²) in [5.41, 5.74) is 1.54. The fraction of sp³-hybridized carbons (Fsp3) is 0.615. The third-order valence-electron chi connectivity index (χ3n) is 3.42. The summed E-state index contributed by atoms with van der Waals surface area (Å²) in [5.74, 6) is 1.68. The first kappa shape index (κ1) is 13.3. The monoisotopic (exact) mass is 278 g/mol. The first-order valence-corrected chi connectivity index (χ1v) is 6.65. The number of nitrogens with zero attached hydrogens (tertiary/aromatic N) is 4. The van der Waals surface area contributed by atoms with Crippen LogP contribution in [0.4, 0.5) is 0 Å². The first-order valence-electron chi connectivity index (χ1n) is 6.65. The van der Waals surface area contributed by atoms with Crippen molar-refractivity contribution in [1.29, 1.82) is 0 Å². The van der Waals surface area contributed by atoms with Gasteiger partial charge < -0.3 is 18.7 Å². The molecule has 0 aliphatic carbocycles. The lowest BCUT2D eigenvalue weighted by atomic mass is 10.2. The molecule has 0 bridgehead atoms. The molecule has 0 unspecified atom stereocenters. The van der Waals surface area contributed by atoms with E-state index < -0.39 is 0 Å². The first-order chi connectivity index (χ1) is 9.54. The molecule has 2 aromatic heterocycles. The van der Waals surface area contributed by atoms with Crippen molar-refractivity contribution in [2.45, 2.75) is 33.0 Å². The number of rotatable bonds is 2. The molecule has 0 amide bonds. The van der Waals surface area contributed by atoms with Crippen molar-refractivity contribution in [2.75, 3.05) is 20.1 Å². The molecule has 3 rings (SSSR count). The number of aromatic nitrogens is 3. The third-order valence-corrected chi connectivity index (χ3v) is 3.42. The van der Waals surface area contributed by atoms with Crippen LogP contribution in [0.15, 0.2) is 9.05 Å². The van der Waals surface area contributed by atoms with Gasteiger partial charge in [-0.15, -0.1) is 0 Å². The van der Waals surface area contributed by atoms with E-state index in [1.807, 2.05) is 20.8 Å². The summed E-state index contributed by atoms with van der Waals surface area (Å²) in [5, 5.41) is 7.92. The van der Waals surface area contributed by atoms with E-state index >= 15 is 0 Å². The van der Waals surface area contributed by atoms with Crippen LogP contribution in [0.5, 0.6) is 0 Å². The Morgan fingerprint density at radius 3 is 2.60 bits per heavy atom. The molecule has 1 fully saturated rings. The van der Waals surface area contributed by atoms with Crippen LogP contribution in [0.1, 0.15) is 30.4 Å². The van der Waals surface area contributed by atoms with Gasteiger partial charge in [0.15, 0.2) is 0 Å². The highest BCUT2D eigenvalue weighted by molar-refractivity contribution is 5.59. The van der Waals surface area contributed by atoms with Gasteiger partial charge in [-0.1, -0.05) is 10.3 Å². The molecule has 7 nitrogen and oxygen atoms in total. The smallest absolute Gasteiger partial charge is 0.257 e. The zero-order valence-corrected chi connectivity index (χ0v) is 12.1. The second kappa shape index (κ2) is 4.99. The summed E-state index contributed by atoms with van der Waals surface area (Å²) in [6, 6.07) is 0. The van der Waals surface area contributed by atoms with Crippen molar-refractivity contribution in [2.24, 2.45) is 0 Å². The van der Waals surface area contributed by atoms with E-state index in [0.29, 0.717) is 17.5 Å². The predicted molar refractivity (Wildman–Crippen MR) is 70.1 cm³/mol. The molecule has 0 aromatic carbocycles. The molecular formula is C13H18N4O3. The van der Waals surface area contributed by atoms with Crippen LogP contribution < -0.4 is 0 Å². The molecule has 0 radical (unpaired) electrons. The van der Waals surface area contributed by atoms with Gasteiger partial charge >= 0.3 is 0 Å². The van der Waals surface area contributed by atoms with Gasteiger partial charge in [0.2, 0.25) is 5.82 Å². The van der Waals surface area contributed by atoms with E-state index in [2.05, 4.69) is 27.2 Å². The fourth-order valence-electron chi connectivity index (χ4n) is 2.57. The molecule has 0 saturated carbocycles. The summed E-state index contributed by atoms with van der Waals surface area (Å²) in [7, 11) is 2.05. The van der Waals surface area contributed by atoms with Gasteiger partial charge in [0.25, 0.3) is 5.89 Å². The van der Waals surface area contributed by atoms with Gasteiger partial charge in [0.05, 0.1) is 17.4 Å². The number of morpholine rings is 1. The number of likely N-dealkylation sites (N-methyl/N-ethyl adjacent to an activating group) is 1. The summed E-state index contributed by atoms with van der Waals surface area (Å²) in [6.45, 7) is 7.37. The summed E-state index contributed by atoms with van der Waals surface area (Å²) in [6.07, 6.45) is -0.0429. The van der Waals surface area contributed by atoms with E-state index in [4.69, 9.17) is 13.8 Å². The largest absolute Gasteiger partial charge is 0.363 e. The lowest BCUT2D eigenvalue weighted by molar-refractivity contribution is -0.0838. The SMILES string of the molecule is Cc1noc(C)c1-c1noc([C@H]2CN(C)C[C@@H](C)O2)n1. The van der Waals surface area contributed by atoms with Crippen LogP contribution in [-0.4, -0.2) is 46.4 Å². The van der Waals surface area contributed by atoms with Crippen molar-refractivity contribution < 1.29 is 13.8 Å². The van der Waals surface area contributed by atoms with Crippen LogP contribution in [0.2, 0.25) is 0 Å². The number of hydrogen-bond donors (Lipinski definition) is 0. The normalized spacial score (nSPS) is 24.2. The standard InChI is InChI=1S/C13H18N4O3/c1-7-5-17(4)6-10(18-7)13-14-12(16-20-13)11-8(2)15-19-9(11)3/h7,10H,5-6H2,1-4H3/t7-,10-/m1/s1. The van der Waals surface area contributed by atoms with E-state index in [-0.39, 0.29) is 12.2 Å². The molecule has 1 aliphatic rings. The van der Waals surface area contributed by atoms with Crippen molar-refractivity contribution in [3.63, 3.8) is 0 Å². The fourth-order valence-corrected chi connectivity index (χ4v) is 2.57. The Bertz CT molecular complexity index is 577. The number of hydrogen-bond acceptors (Lipinski definition) is 7. The van der Waals surface area contributed by atoms with Gasteiger partial charge in [-0.25, -0.2) is 0 Å². The van der Waals surface area contributed by atoms with Gasteiger partial charge in [-0.3, -0.25) is 0 Å². The quantitative estimate of drug-likeness (QED) is 0.827. The summed E-state index contributed by atoms with van der Waals surface area (Å²) < 4.78 is 16.3. The van der Waals surface area contributed by atoms with Gasteiger partial charge in [0.1, 0.15) is 11.9 Å². The van der Waals surface area contributed by atoms with Crippen LogP contribution >= 0.6 is 0 Å². The molecule has 0 spiro atoms. The third kappa shape index (κ3) is 2.34. The molecule has 108 valence electrons. The van der Waals surface area contributed by atoms with Crippen molar-refractivity contribution in [3.05, 3.63) is 17.3 Å². The van der Waals surface area contributed by atoms with Crippen molar-refractivity contribution in [1.82, 2.24) is 20.2 Å². The Labute approximate surface area is 116 Å². The highest BCUT2D eigenvalue weighted by Crippen LogP contribution is 2.28. The lowest BCUT2D eigenvalue weighted by Gasteiger charge is -2.32. The van der Waals surface area contributed by atoms with Gasteiger partial charge in [0, 0.05) is 13.1 Å². The van der Waals surface area contributed by atoms with Crippen LogP contribution in [0.3, 0.4) is 0 Å². The Kier molecular flexibility index (Phi) is 3.31. The van der Waals surface area contributed by atoms with E-state index in [0.717, 1.165) is 24.3 Å². The Morgan fingerprint density at radius 1 is 1.15 bits per heavy atom. The van der Waals surface area contributed by atoms with Crippen molar-refractivity contribution in [3.8, 4) is 11.4 Å². The highest BCUT2D eigenvalue weighted by Gasteiger charge is 2.29. The molecule has 3 heterocycles. The minimum atomic E-state index is -0.189. The summed E-state index contributed by atoms with van der Waals surface area (Å²) in [4.78, 5) is 6.63. The summed E-state index contributed by atoms with van der Waals surface area (Å²) >= 11 is 0. The minimum absolute atomic E-state index is 0.146. The Hall–Kier alpha value is -1.73. The molecule has 1 saturated heterocycles. The second-order valence-corrected chi connectivity index (χ2v) is 5.31. The van der Waals surface area contributed by atoms with Crippen LogP contribution in [0.25, 0.3) is 11.4 Å². The van der Waals surface area contributed by atoms with Gasteiger partial charge in [-0.05, 0) is 27.8 Å².